The molecule has 0 saturated heterocycles. The van der Waals surface area contributed by atoms with Gasteiger partial charge in [0.2, 0.25) is 11.1 Å². The maximum atomic E-state index is 11.9. The van der Waals surface area contributed by atoms with Crippen LogP contribution in [0.3, 0.4) is 0 Å². The maximum Gasteiger partial charge on any atom is 0.264 e. The lowest BCUT2D eigenvalue weighted by atomic mass is 10.3. The van der Waals surface area contributed by atoms with Crippen LogP contribution in [0.15, 0.2) is 58.1 Å². The van der Waals surface area contributed by atoms with Crippen molar-refractivity contribution in [2.24, 2.45) is 5.10 Å². The van der Waals surface area contributed by atoms with E-state index in [2.05, 4.69) is 26.0 Å². The second-order valence-corrected chi connectivity index (χ2v) is 6.69. The number of amides is 1. The highest BCUT2D eigenvalue weighted by Gasteiger charge is 2.12. The molecule has 0 atom stereocenters. The molecule has 2 heterocycles. The number of aromatic nitrogens is 3. The first-order valence-electron chi connectivity index (χ1n) is 7.23. The summed E-state index contributed by atoms with van der Waals surface area (Å²) in [5, 5.41) is 17.1. The molecule has 0 fully saturated rings. The molecule has 0 bridgehead atoms. The first-order valence-corrected chi connectivity index (χ1v) is 9.09. The van der Waals surface area contributed by atoms with E-state index in [-0.39, 0.29) is 11.7 Å². The van der Waals surface area contributed by atoms with Gasteiger partial charge in [0.25, 0.3) is 5.95 Å². The Morgan fingerprint density at radius 2 is 2.12 bits per heavy atom. The van der Waals surface area contributed by atoms with Crippen molar-refractivity contribution in [1.82, 2.24) is 14.9 Å². The highest BCUT2D eigenvalue weighted by Crippen LogP contribution is 2.17. The second kappa shape index (κ2) is 8.31. The predicted octanol–water partition coefficient (Wildman–Crippen LogP) is 2.23. The number of thiophene rings is 1. The lowest BCUT2D eigenvalue weighted by Crippen LogP contribution is -2.16. The van der Waals surface area contributed by atoms with Crippen LogP contribution < -0.4 is 16.6 Å². The number of para-hydroxylation sites is 1. The van der Waals surface area contributed by atoms with Crippen molar-refractivity contribution in [1.29, 1.82) is 0 Å². The van der Waals surface area contributed by atoms with E-state index in [0.717, 1.165) is 10.6 Å². The number of anilines is 2. The third-order valence-corrected chi connectivity index (χ3v) is 4.70. The molecular formula is C15H15N7OS2. The van der Waals surface area contributed by atoms with Crippen molar-refractivity contribution in [2.75, 3.05) is 22.3 Å². The number of nitrogen functional groups attached to an aromatic ring is 1. The van der Waals surface area contributed by atoms with Gasteiger partial charge in [-0.2, -0.15) is 5.10 Å². The number of rotatable bonds is 7. The molecule has 1 aromatic carbocycles. The Morgan fingerprint density at radius 3 is 2.88 bits per heavy atom. The topological polar surface area (TPSA) is 110 Å². The van der Waals surface area contributed by atoms with Crippen molar-refractivity contribution in [3.8, 4) is 0 Å². The minimum absolute atomic E-state index is 0.149. The molecule has 8 nitrogen and oxygen atoms in total. The van der Waals surface area contributed by atoms with Crippen LogP contribution in [0, 0.1) is 0 Å². The van der Waals surface area contributed by atoms with Crippen LogP contribution in [0.1, 0.15) is 4.88 Å². The average molecular weight is 373 g/mol. The number of carbonyl (C=O) groups excluding carboxylic acids is 1. The Balaban J connectivity index is 1.51. The van der Waals surface area contributed by atoms with Crippen LogP contribution in [0.2, 0.25) is 0 Å². The van der Waals surface area contributed by atoms with Gasteiger partial charge in [0.1, 0.15) is 0 Å². The molecule has 3 aromatic rings. The average Bonchev–Trinajstić information content (AvgIpc) is 3.25. The summed E-state index contributed by atoms with van der Waals surface area (Å²) in [5.74, 6) is 6.22. The molecule has 128 valence electrons. The highest BCUT2D eigenvalue weighted by molar-refractivity contribution is 7.99. The number of hydrogen-bond acceptors (Lipinski definition) is 8. The number of benzene rings is 1. The Kier molecular flexibility index (Phi) is 5.65. The quantitative estimate of drug-likeness (QED) is 0.253. The van der Waals surface area contributed by atoms with Gasteiger partial charge < -0.3 is 11.2 Å². The zero-order chi connectivity index (χ0) is 17.5. The summed E-state index contributed by atoms with van der Waals surface area (Å²) in [6, 6.07) is 13.1. The van der Waals surface area contributed by atoms with Gasteiger partial charge in [-0.1, -0.05) is 36.0 Å². The van der Waals surface area contributed by atoms with Crippen molar-refractivity contribution in [3.63, 3.8) is 0 Å². The smallest absolute Gasteiger partial charge is 0.264 e. The third kappa shape index (κ3) is 4.81. The van der Waals surface area contributed by atoms with Gasteiger partial charge in [-0.15, -0.1) is 21.5 Å². The number of hydrazone groups is 1. The van der Waals surface area contributed by atoms with Crippen molar-refractivity contribution < 1.29 is 4.79 Å². The summed E-state index contributed by atoms with van der Waals surface area (Å²) in [7, 11) is 0. The molecule has 0 aliphatic heterocycles. The molecule has 0 aliphatic carbocycles. The molecule has 3 rings (SSSR count). The summed E-state index contributed by atoms with van der Waals surface area (Å²) in [6.45, 7) is 0. The number of hydrogen-bond donors (Lipinski definition) is 3. The monoisotopic (exact) mass is 373 g/mol. The number of nitrogens with zero attached hydrogens (tertiary/aromatic N) is 4. The predicted molar refractivity (Wildman–Crippen MR) is 102 cm³/mol. The zero-order valence-electron chi connectivity index (χ0n) is 13.0. The van der Waals surface area contributed by atoms with E-state index in [0.29, 0.717) is 11.1 Å². The minimum atomic E-state index is -0.149. The van der Waals surface area contributed by atoms with E-state index in [1.54, 1.807) is 17.6 Å². The Labute approximate surface area is 152 Å². The normalized spacial score (nSPS) is 10.9. The Bertz CT molecular complexity index is 846. The summed E-state index contributed by atoms with van der Waals surface area (Å²) in [4.78, 5) is 12.9. The first kappa shape index (κ1) is 17.0. The standard InChI is InChI=1S/C15H15N7OS2/c16-22-14(19-17-9-12-7-4-8-24-12)20-21-15(22)25-10-13(23)18-11-5-2-1-3-6-11/h1-9H,10,16H2,(H,18,23)(H,19,20)/b17-9+. The Hall–Kier alpha value is -2.85. The van der Waals surface area contributed by atoms with Crippen molar-refractivity contribution in [2.45, 2.75) is 5.16 Å². The van der Waals surface area contributed by atoms with Gasteiger partial charge in [0.05, 0.1) is 12.0 Å². The van der Waals surface area contributed by atoms with Crippen LogP contribution in [-0.4, -0.2) is 32.7 Å². The van der Waals surface area contributed by atoms with Gasteiger partial charge in [-0.3, -0.25) is 4.79 Å². The molecule has 4 N–H and O–H groups in total. The molecule has 0 spiro atoms. The fraction of sp³-hybridized carbons (Fsp3) is 0.0667. The van der Waals surface area contributed by atoms with Gasteiger partial charge >= 0.3 is 0 Å². The molecule has 2 aromatic heterocycles. The zero-order valence-corrected chi connectivity index (χ0v) is 14.6. The summed E-state index contributed by atoms with van der Waals surface area (Å²) < 4.78 is 1.26. The number of carbonyl (C=O) groups is 1. The van der Waals surface area contributed by atoms with Crippen LogP contribution in [0.4, 0.5) is 11.6 Å². The summed E-state index contributed by atoms with van der Waals surface area (Å²) in [6.07, 6.45) is 1.67. The maximum absolute atomic E-state index is 11.9. The molecule has 0 saturated carbocycles. The van der Waals surface area contributed by atoms with E-state index in [4.69, 9.17) is 5.84 Å². The van der Waals surface area contributed by atoms with Gasteiger partial charge in [0, 0.05) is 10.6 Å². The summed E-state index contributed by atoms with van der Waals surface area (Å²) in [5.41, 5.74) is 3.47. The molecule has 0 unspecified atom stereocenters. The van der Waals surface area contributed by atoms with E-state index in [1.807, 2.05) is 47.8 Å². The molecular weight excluding hydrogens is 358 g/mol. The van der Waals surface area contributed by atoms with Crippen LogP contribution in [-0.2, 0) is 4.79 Å². The van der Waals surface area contributed by atoms with Crippen LogP contribution in [0.25, 0.3) is 0 Å². The first-order chi connectivity index (χ1) is 12.2. The second-order valence-electron chi connectivity index (χ2n) is 4.76. The molecule has 0 radical (unpaired) electrons. The van der Waals surface area contributed by atoms with Crippen molar-refractivity contribution >= 4 is 46.9 Å². The van der Waals surface area contributed by atoms with E-state index in [9.17, 15) is 4.79 Å². The van der Waals surface area contributed by atoms with E-state index < -0.39 is 0 Å². The highest BCUT2D eigenvalue weighted by atomic mass is 32.2. The minimum Gasteiger partial charge on any atom is -0.334 e. The lowest BCUT2D eigenvalue weighted by Gasteiger charge is -2.05. The molecule has 10 heteroatoms. The molecule has 0 aliphatic rings. The fourth-order valence-corrected chi connectivity index (χ4v) is 3.06. The lowest BCUT2D eigenvalue weighted by molar-refractivity contribution is -0.113. The third-order valence-electron chi connectivity index (χ3n) is 2.95. The molecule has 1 amide bonds. The number of nitrogens with two attached hydrogens (primary N) is 1. The SMILES string of the molecule is Nn1c(N/N=C/c2cccs2)nnc1SCC(=O)Nc1ccccc1. The van der Waals surface area contributed by atoms with E-state index in [1.165, 1.54) is 16.4 Å². The van der Waals surface area contributed by atoms with Gasteiger partial charge in [0.15, 0.2) is 0 Å². The number of nitrogens with one attached hydrogen (secondary N) is 2. The Morgan fingerprint density at radius 1 is 1.28 bits per heavy atom. The number of thioether (sulfide) groups is 1. The van der Waals surface area contributed by atoms with Gasteiger partial charge in [-0.25, -0.2) is 10.1 Å². The summed E-state index contributed by atoms with van der Waals surface area (Å²) >= 11 is 2.76. The van der Waals surface area contributed by atoms with Crippen molar-refractivity contribution in [3.05, 3.63) is 52.7 Å². The largest absolute Gasteiger partial charge is 0.334 e. The van der Waals surface area contributed by atoms with E-state index >= 15 is 0 Å². The fourth-order valence-electron chi connectivity index (χ4n) is 1.82. The van der Waals surface area contributed by atoms with Crippen LogP contribution in [0.5, 0.6) is 0 Å². The van der Waals surface area contributed by atoms with Gasteiger partial charge in [-0.05, 0) is 23.6 Å². The molecule has 25 heavy (non-hydrogen) atoms. The van der Waals surface area contributed by atoms with Crippen LogP contribution >= 0.6 is 23.1 Å².